The Morgan fingerprint density at radius 1 is 1.48 bits per heavy atom. The monoisotopic (exact) mass is 309 g/mol. The van der Waals surface area contributed by atoms with Gasteiger partial charge in [-0.15, -0.1) is 0 Å². The highest BCUT2D eigenvalue weighted by Crippen LogP contribution is 2.37. The van der Waals surface area contributed by atoms with E-state index in [1.54, 1.807) is 0 Å². The summed E-state index contributed by atoms with van der Waals surface area (Å²) in [6, 6.07) is 2.75. The van der Waals surface area contributed by atoms with Gasteiger partial charge in [-0.1, -0.05) is 18.5 Å². The van der Waals surface area contributed by atoms with Crippen LogP contribution in [-0.2, 0) is 0 Å². The number of rotatable bonds is 6. The predicted molar refractivity (Wildman–Crippen MR) is 84.9 cm³/mol. The van der Waals surface area contributed by atoms with Gasteiger partial charge in [-0.2, -0.15) is 0 Å². The molecule has 1 saturated carbocycles. The molecular formula is C16H24ClN3O. The Hall–Kier alpha value is -1.00. The summed E-state index contributed by atoms with van der Waals surface area (Å²) in [5, 5.41) is 4.15. The van der Waals surface area contributed by atoms with Crippen LogP contribution in [0.15, 0.2) is 12.3 Å². The normalized spacial score (nSPS) is 21.7. The third-order valence-corrected chi connectivity index (χ3v) is 4.57. The summed E-state index contributed by atoms with van der Waals surface area (Å²) in [7, 11) is 0. The summed E-state index contributed by atoms with van der Waals surface area (Å²) in [6.45, 7) is 4.81. The zero-order chi connectivity index (χ0) is 14.8. The van der Waals surface area contributed by atoms with E-state index in [1.807, 2.05) is 17.2 Å². The number of carbonyl (C=O) groups excluding carboxylic acids is 1. The molecule has 1 unspecified atom stereocenters. The van der Waals surface area contributed by atoms with Gasteiger partial charge in [-0.25, -0.2) is 0 Å². The van der Waals surface area contributed by atoms with Crippen LogP contribution in [-0.4, -0.2) is 41.1 Å². The van der Waals surface area contributed by atoms with Crippen molar-refractivity contribution in [3.63, 3.8) is 0 Å². The van der Waals surface area contributed by atoms with E-state index in [4.69, 9.17) is 11.6 Å². The minimum atomic E-state index is 0.129. The van der Waals surface area contributed by atoms with E-state index in [0.717, 1.165) is 51.0 Å². The van der Waals surface area contributed by atoms with Crippen LogP contribution >= 0.6 is 11.6 Å². The van der Waals surface area contributed by atoms with E-state index in [0.29, 0.717) is 17.1 Å². The summed E-state index contributed by atoms with van der Waals surface area (Å²) in [6.07, 6.45) is 7.58. The molecular weight excluding hydrogens is 286 g/mol. The quantitative estimate of drug-likeness (QED) is 0.877. The molecule has 2 aliphatic rings. The molecule has 1 aliphatic heterocycles. The van der Waals surface area contributed by atoms with Crippen molar-refractivity contribution in [2.24, 2.45) is 0 Å². The van der Waals surface area contributed by atoms with Crippen LogP contribution in [0.4, 0.5) is 0 Å². The first-order chi connectivity index (χ1) is 10.2. The van der Waals surface area contributed by atoms with E-state index < -0.39 is 0 Å². The Morgan fingerprint density at radius 3 is 2.90 bits per heavy atom. The lowest BCUT2D eigenvalue weighted by atomic mass is 10.2. The third-order valence-electron chi connectivity index (χ3n) is 4.36. The third kappa shape index (κ3) is 3.43. The Labute approximate surface area is 131 Å². The average molecular weight is 310 g/mol. The number of nitrogens with zero attached hydrogens (tertiary/aromatic N) is 2. The maximum absolute atomic E-state index is 12.9. The smallest absolute Gasteiger partial charge is 0.270 e. The molecule has 116 valence electrons. The lowest BCUT2D eigenvalue weighted by Crippen LogP contribution is -2.42. The molecule has 3 rings (SSSR count). The SMILES string of the molecule is CCCN(CC1CCCN1)C(=O)c1cc(Cl)cn1C1CC1. The van der Waals surface area contributed by atoms with Gasteiger partial charge in [-0.05, 0) is 44.7 Å². The van der Waals surface area contributed by atoms with Crippen molar-refractivity contribution in [1.29, 1.82) is 0 Å². The molecule has 1 saturated heterocycles. The number of nitrogens with one attached hydrogen (secondary N) is 1. The summed E-state index contributed by atoms with van der Waals surface area (Å²) in [5.41, 5.74) is 0.758. The first kappa shape index (κ1) is 14.9. The number of hydrogen-bond acceptors (Lipinski definition) is 2. The van der Waals surface area contributed by atoms with Crippen LogP contribution in [0.25, 0.3) is 0 Å². The molecule has 0 aromatic carbocycles. The van der Waals surface area contributed by atoms with Crippen LogP contribution in [0.2, 0.25) is 5.02 Å². The van der Waals surface area contributed by atoms with Gasteiger partial charge in [0.25, 0.3) is 5.91 Å². The minimum absolute atomic E-state index is 0.129. The van der Waals surface area contributed by atoms with E-state index >= 15 is 0 Å². The molecule has 0 spiro atoms. The van der Waals surface area contributed by atoms with Gasteiger partial charge in [0, 0.05) is 31.4 Å². The topological polar surface area (TPSA) is 37.3 Å². The molecule has 1 N–H and O–H groups in total. The van der Waals surface area contributed by atoms with Crippen molar-refractivity contribution in [2.45, 2.75) is 51.1 Å². The first-order valence-corrected chi connectivity index (χ1v) is 8.47. The van der Waals surface area contributed by atoms with E-state index in [-0.39, 0.29) is 5.91 Å². The molecule has 2 heterocycles. The molecule has 1 aromatic heterocycles. The highest BCUT2D eigenvalue weighted by atomic mass is 35.5. The second kappa shape index (κ2) is 6.41. The van der Waals surface area contributed by atoms with Crippen LogP contribution in [0.3, 0.4) is 0 Å². The number of amides is 1. The fourth-order valence-electron chi connectivity index (χ4n) is 3.16. The highest BCUT2D eigenvalue weighted by Gasteiger charge is 2.30. The van der Waals surface area contributed by atoms with Gasteiger partial charge in [0.05, 0.1) is 5.02 Å². The molecule has 1 aromatic rings. The van der Waals surface area contributed by atoms with E-state index in [9.17, 15) is 4.79 Å². The molecule has 4 nitrogen and oxygen atoms in total. The van der Waals surface area contributed by atoms with Gasteiger partial charge in [-0.3, -0.25) is 4.79 Å². The Balaban J connectivity index is 1.76. The Morgan fingerprint density at radius 2 is 2.29 bits per heavy atom. The van der Waals surface area contributed by atoms with E-state index in [1.165, 1.54) is 6.42 Å². The fraction of sp³-hybridized carbons (Fsp3) is 0.688. The standard InChI is InChI=1S/C16H24ClN3O/c1-2-8-19(11-13-4-3-7-18-13)16(21)15-9-12(17)10-20(15)14-5-6-14/h9-10,13-14,18H,2-8,11H2,1H3. The summed E-state index contributed by atoms with van der Waals surface area (Å²) < 4.78 is 2.08. The molecule has 1 amide bonds. The lowest BCUT2D eigenvalue weighted by Gasteiger charge is -2.26. The average Bonchev–Trinajstić information content (AvgIpc) is 3.04. The molecule has 5 heteroatoms. The van der Waals surface area contributed by atoms with Crippen LogP contribution in [0.1, 0.15) is 55.6 Å². The molecule has 2 fully saturated rings. The summed E-state index contributed by atoms with van der Waals surface area (Å²) in [4.78, 5) is 14.9. The van der Waals surface area contributed by atoms with Crippen molar-refractivity contribution in [2.75, 3.05) is 19.6 Å². The molecule has 21 heavy (non-hydrogen) atoms. The Kier molecular flexibility index (Phi) is 4.55. The lowest BCUT2D eigenvalue weighted by molar-refractivity contribution is 0.0730. The second-order valence-corrected chi connectivity index (χ2v) is 6.66. The van der Waals surface area contributed by atoms with E-state index in [2.05, 4.69) is 16.8 Å². The predicted octanol–water partition coefficient (Wildman–Crippen LogP) is 3.08. The summed E-state index contributed by atoms with van der Waals surface area (Å²) >= 11 is 6.13. The molecule has 0 radical (unpaired) electrons. The maximum atomic E-state index is 12.9. The Bertz CT molecular complexity index is 504. The number of aromatic nitrogens is 1. The van der Waals surface area contributed by atoms with Gasteiger partial charge in [0.1, 0.15) is 5.69 Å². The van der Waals surface area contributed by atoms with Crippen molar-refractivity contribution >= 4 is 17.5 Å². The first-order valence-electron chi connectivity index (χ1n) is 8.09. The van der Waals surface area contributed by atoms with Crippen molar-refractivity contribution in [1.82, 2.24) is 14.8 Å². The minimum Gasteiger partial charge on any atom is -0.339 e. The second-order valence-electron chi connectivity index (χ2n) is 6.23. The number of hydrogen-bond donors (Lipinski definition) is 1. The van der Waals surface area contributed by atoms with Gasteiger partial charge in [0.2, 0.25) is 0 Å². The van der Waals surface area contributed by atoms with Gasteiger partial charge in [0.15, 0.2) is 0 Å². The number of carbonyl (C=O) groups is 1. The molecule has 1 atom stereocenters. The van der Waals surface area contributed by atoms with Crippen LogP contribution < -0.4 is 5.32 Å². The number of halogens is 1. The van der Waals surface area contributed by atoms with Gasteiger partial charge < -0.3 is 14.8 Å². The molecule has 0 bridgehead atoms. The highest BCUT2D eigenvalue weighted by molar-refractivity contribution is 6.31. The zero-order valence-electron chi connectivity index (χ0n) is 12.6. The maximum Gasteiger partial charge on any atom is 0.270 e. The summed E-state index contributed by atoms with van der Waals surface area (Å²) in [5.74, 6) is 0.129. The van der Waals surface area contributed by atoms with Crippen LogP contribution in [0.5, 0.6) is 0 Å². The van der Waals surface area contributed by atoms with Crippen molar-refractivity contribution in [3.05, 3.63) is 23.0 Å². The zero-order valence-corrected chi connectivity index (χ0v) is 13.4. The van der Waals surface area contributed by atoms with Crippen molar-refractivity contribution < 1.29 is 4.79 Å². The van der Waals surface area contributed by atoms with Crippen molar-refractivity contribution in [3.8, 4) is 0 Å². The molecule has 1 aliphatic carbocycles. The largest absolute Gasteiger partial charge is 0.339 e. The fourth-order valence-corrected chi connectivity index (χ4v) is 3.37. The van der Waals surface area contributed by atoms with Gasteiger partial charge >= 0.3 is 0 Å². The van der Waals surface area contributed by atoms with Crippen LogP contribution in [0, 0.1) is 0 Å².